The van der Waals surface area contributed by atoms with E-state index in [9.17, 15) is 22.8 Å². The van der Waals surface area contributed by atoms with Crippen LogP contribution in [0.4, 0.5) is 4.79 Å². The number of esters is 1. The Bertz CT molecular complexity index is 929. The lowest BCUT2D eigenvalue weighted by molar-refractivity contribution is -0.153. The molecule has 1 saturated heterocycles. The van der Waals surface area contributed by atoms with Crippen LogP contribution in [-0.2, 0) is 24.3 Å². The number of urea groups is 1. The minimum Gasteiger partial charge on any atom is -0.455 e. The highest BCUT2D eigenvalue weighted by molar-refractivity contribution is 7.89. The van der Waals surface area contributed by atoms with Crippen molar-refractivity contribution in [3.05, 3.63) is 28.8 Å². The molecule has 9 nitrogen and oxygen atoms in total. The van der Waals surface area contributed by atoms with E-state index in [1.165, 1.54) is 4.31 Å². The number of carbonyl (C=O) groups excluding carboxylic acids is 3. The van der Waals surface area contributed by atoms with Crippen LogP contribution in [0.5, 0.6) is 0 Å². The van der Waals surface area contributed by atoms with Crippen LogP contribution in [0.15, 0.2) is 17.0 Å². The van der Waals surface area contributed by atoms with Crippen molar-refractivity contribution in [1.82, 2.24) is 14.9 Å². The van der Waals surface area contributed by atoms with Gasteiger partial charge in [0, 0.05) is 19.6 Å². The fourth-order valence-corrected chi connectivity index (χ4v) is 5.76. The van der Waals surface area contributed by atoms with Crippen LogP contribution < -0.4 is 10.6 Å². The van der Waals surface area contributed by atoms with Gasteiger partial charge in [0.15, 0.2) is 6.61 Å². The van der Waals surface area contributed by atoms with Crippen molar-refractivity contribution >= 4 is 27.9 Å². The standard InChI is InChI=1S/C22H33N3O6S/c1-5-6-9-23-22(28)24-19(26)14-31-21(27)18-7-10-25(11-8-18)32(29,30)20-16(3)12-15(2)13-17(20)4/h12-13,18H,5-11,14H2,1-4H3,(H2,23,24,26,28). The van der Waals surface area contributed by atoms with E-state index in [1.54, 1.807) is 13.8 Å². The van der Waals surface area contributed by atoms with Crippen LogP contribution in [0.2, 0.25) is 0 Å². The Kier molecular flexibility index (Phi) is 9.21. The molecule has 1 heterocycles. The number of unbranched alkanes of at least 4 members (excludes halogenated alkanes) is 1. The van der Waals surface area contributed by atoms with Gasteiger partial charge in [-0.3, -0.25) is 14.9 Å². The van der Waals surface area contributed by atoms with E-state index in [4.69, 9.17) is 4.74 Å². The topological polar surface area (TPSA) is 122 Å². The molecule has 2 rings (SSSR count). The Labute approximate surface area is 189 Å². The largest absolute Gasteiger partial charge is 0.455 e. The molecule has 0 aliphatic carbocycles. The third kappa shape index (κ3) is 6.77. The van der Waals surface area contributed by atoms with Crippen molar-refractivity contribution in [2.45, 2.75) is 58.3 Å². The van der Waals surface area contributed by atoms with E-state index >= 15 is 0 Å². The highest BCUT2D eigenvalue weighted by Gasteiger charge is 2.34. The number of carbonyl (C=O) groups is 3. The van der Waals surface area contributed by atoms with Crippen LogP contribution in [0.1, 0.15) is 49.3 Å². The van der Waals surface area contributed by atoms with Gasteiger partial charge in [-0.25, -0.2) is 13.2 Å². The van der Waals surface area contributed by atoms with Crippen molar-refractivity contribution in [2.75, 3.05) is 26.2 Å². The van der Waals surface area contributed by atoms with Crippen molar-refractivity contribution in [2.24, 2.45) is 5.92 Å². The van der Waals surface area contributed by atoms with Gasteiger partial charge < -0.3 is 10.1 Å². The summed E-state index contributed by atoms with van der Waals surface area (Å²) in [6, 6.07) is 3.07. The lowest BCUT2D eigenvalue weighted by Gasteiger charge is -2.31. The number of sulfonamides is 1. The molecule has 32 heavy (non-hydrogen) atoms. The second kappa shape index (κ2) is 11.4. The van der Waals surface area contributed by atoms with Gasteiger partial charge in [0.2, 0.25) is 10.0 Å². The summed E-state index contributed by atoms with van der Waals surface area (Å²) in [5.41, 5.74) is 2.41. The zero-order valence-corrected chi connectivity index (χ0v) is 20.0. The first kappa shape index (κ1) is 25.8. The summed E-state index contributed by atoms with van der Waals surface area (Å²) in [5.74, 6) is -1.77. The summed E-state index contributed by atoms with van der Waals surface area (Å²) in [6.07, 6.45) is 2.33. The monoisotopic (exact) mass is 467 g/mol. The summed E-state index contributed by atoms with van der Waals surface area (Å²) in [6.45, 7) is 7.76. The maximum Gasteiger partial charge on any atom is 0.321 e. The van der Waals surface area contributed by atoms with E-state index in [-0.39, 0.29) is 13.1 Å². The molecule has 2 N–H and O–H groups in total. The molecule has 1 aromatic carbocycles. The average Bonchev–Trinajstić information content (AvgIpc) is 2.71. The molecule has 178 valence electrons. The Balaban J connectivity index is 1.85. The number of nitrogens with one attached hydrogen (secondary N) is 2. The molecule has 10 heteroatoms. The van der Waals surface area contributed by atoms with Gasteiger partial charge in [0.25, 0.3) is 5.91 Å². The Morgan fingerprint density at radius 3 is 2.25 bits per heavy atom. The number of amides is 3. The molecule has 1 aliphatic rings. The maximum absolute atomic E-state index is 13.1. The molecule has 0 atom stereocenters. The zero-order valence-electron chi connectivity index (χ0n) is 19.2. The molecule has 0 spiro atoms. The van der Waals surface area contributed by atoms with Crippen molar-refractivity contribution in [3.8, 4) is 0 Å². The lowest BCUT2D eigenvalue weighted by Crippen LogP contribution is -2.43. The number of hydrogen-bond donors (Lipinski definition) is 2. The molecule has 0 unspecified atom stereocenters. The minimum absolute atomic E-state index is 0.195. The van der Waals surface area contributed by atoms with Crippen LogP contribution in [-0.4, -0.2) is 56.9 Å². The van der Waals surface area contributed by atoms with E-state index < -0.39 is 40.5 Å². The van der Waals surface area contributed by atoms with Crippen LogP contribution in [0.25, 0.3) is 0 Å². The van der Waals surface area contributed by atoms with Crippen molar-refractivity contribution in [1.29, 1.82) is 0 Å². The number of aryl methyl sites for hydroxylation is 3. The Hall–Kier alpha value is -2.46. The third-order valence-corrected chi connectivity index (χ3v) is 7.61. The number of rotatable bonds is 8. The summed E-state index contributed by atoms with van der Waals surface area (Å²) in [5, 5.41) is 4.64. The van der Waals surface area contributed by atoms with Gasteiger partial charge >= 0.3 is 12.0 Å². The number of piperidine rings is 1. The zero-order chi connectivity index (χ0) is 23.9. The summed E-state index contributed by atoms with van der Waals surface area (Å²) in [7, 11) is -3.67. The van der Waals surface area contributed by atoms with E-state index in [1.807, 2.05) is 26.0 Å². The van der Waals surface area contributed by atoms with Gasteiger partial charge in [-0.2, -0.15) is 4.31 Å². The predicted octanol–water partition coefficient (Wildman–Crippen LogP) is 2.18. The first-order valence-electron chi connectivity index (χ1n) is 10.9. The van der Waals surface area contributed by atoms with E-state index in [0.29, 0.717) is 35.4 Å². The Morgan fingerprint density at radius 1 is 1.09 bits per heavy atom. The molecular formula is C22H33N3O6S. The molecule has 0 aromatic heterocycles. The lowest BCUT2D eigenvalue weighted by atomic mass is 9.98. The van der Waals surface area contributed by atoms with Gasteiger partial charge in [-0.15, -0.1) is 0 Å². The predicted molar refractivity (Wildman–Crippen MR) is 120 cm³/mol. The molecule has 1 aromatic rings. The summed E-state index contributed by atoms with van der Waals surface area (Å²) < 4.78 is 32.7. The molecular weight excluding hydrogens is 434 g/mol. The molecule has 0 bridgehead atoms. The second-order valence-electron chi connectivity index (χ2n) is 8.17. The minimum atomic E-state index is -3.67. The SMILES string of the molecule is CCCCNC(=O)NC(=O)COC(=O)C1CCN(S(=O)(=O)c2c(C)cc(C)cc2C)CC1. The third-order valence-electron chi connectivity index (χ3n) is 5.40. The fourth-order valence-electron chi connectivity index (χ4n) is 3.87. The maximum atomic E-state index is 13.1. The smallest absolute Gasteiger partial charge is 0.321 e. The van der Waals surface area contributed by atoms with Crippen LogP contribution in [0.3, 0.4) is 0 Å². The quantitative estimate of drug-likeness (QED) is 0.446. The number of benzene rings is 1. The first-order chi connectivity index (χ1) is 15.1. The van der Waals surface area contributed by atoms with Gasteiger partial charge in [0.1, 0.15) is 0 Å². The Morgan fingerprint density at radius 2 is 1.69 bits per heavy atom. The van der Waals surface area contributed by atoms with E-state index in [2.05, 4.69) is 10.6 Å². The normalized spacial score (nSPS) is 15.2. The number of ether oxygens (including phenoxy) is 1. The number of nitrogens with zero attached hydrogens (tertiary/aromatic N) is 1. The van der Waals surface area contributed by atoms with Crippen molar-refractivity contribution < 1.29 is 27.5 Å². The fraction of sp³-hybridized carbons (Fsp3) is 0.591. The second-order valence-corrected chi connectivity index (χ2v) is 10.0. The number of imide groups is 1. The van der Waals surface area contributed by atoms with Gasteiger partial charge in [-0.1, -0.05) is 31.0 Å². The highest BCUT2D eigenvalue weighted by atomic mass is 32.2. The summed E-state index contributed by atoms with van der Waals surface area (Å²) >= 11 is 0. The van der Waals surface area contributed by atoms with Gasteiger partial charge in [-0.05, 0) is 51.2 Å². The highest BCUT2D eigenvalue weighted by Crippen LogP contribution is 2.29. The van der Waals surface area contributed by atoms with E-state index in [0.717, 1.165) is 18.4 Å². The molecule has 1 aliphatic heterocycles. The van der Waals surface area contributed by atoms with Crippen LogP contribution in [0, 0.1) is 26.7 Å². The molecule has 1 fully saturated rings. The molecule has 0 radical (unpaired) electrons. The summed E-state index contributed by atoms with van der Waals surface area (Å²) in [4.78, 5) is 35.9. The molecule has 0 saturated carbocycles. The average molecular weight is 468 g/mol. The van der Waals surface area contributed by atoms with Crippen LogP contribution >= 0.6 is 0 Å². The number of hydrogen-bond acceptors (Lipinski definition) is 6. The molecule has 3 amide bonds. The first-order valence-corrected chi connectivity index (χ1v) is 12.3. The van der Waals surface area contributed by atoms with Gasteiger partial charge in [0.05, 0.1) is 10.8 Å². The van der Waals surface area contributed by atoms with Crippen molar-refractivity contribution in [3.63, 3.8) is 0 Å².